The van der Waals surface area contributed by atoms with Crippen LogP contribution in [0.4, 0.5) is 0 Å². The predicted molar refractivity (Wildman–Crippen MR) is 78.5 cm³/mol. The number of esters is 1. The smallest absolute Gasteiger partial charge is 0.351 e. The highest BCUT2D eigenvalue weighted by Gasteiger charge is 2.16. The fourth-order valence-corrected chi connectivity index (χ4v) is 2.57. The van der Waals surface area contributed by atoms with Gasteiger partial charge in [-0.05, 0) is 19.1 Å². The van der Waals surface area contributed by atoms with E-state index in [0.717, 1.165) is 10.6 Å². The average molecular weight is 301 g/mol. The van der Waals surface area contributed by atoms with Crippen molar-refractivity contribution >= 4 is 28.3 Å². The maximum atomic E-state index is 12.0. The molecule has 5 nitrogen and oxygen atoms in total. The summed E-state index contributed by atoms with van der Waals surface area (Å²) < 4.78 is 10.3. The Morgan fingerprint density at radius 3 is 2.95 bits per heavy atom. The number of thiazole rings is 1. The lowest BCUT2D eigenvalue weighted by molar-refractivity contribution is 0.0471. The molecule has 3 rings (SSSR count). The number of nitrogens with zero attached hydrogens (tertiary/aromatic N) is 1. The van der Waals surface area contributed by atoms with Crippen LogP contribution in [0.1, 0.15) is 20.9 Å². The molecule has 0 spiro atoms. The van der Waals surface area contributed by atoms with Gasteiger partial charge >= 0.3 is 11.6 Å². The SMILES string of the molecule is Cc1ncsc1COC(=O)c1cc2ccccc2oc1=O. The van der Waals surface area contributed by atoms with E-state index in [1.807, 2.05) is 6.92 Å². The third-order valence-electron chi connectivity index (χ3n) is 3.04. The molecule has 0 N–H and O–H groups in total. The van der Waals surface area contributed by atoms with Crippen molar-refractivity contribution in [3.63, 3.8) is 0 Å². The Hall–Kier alpha value is -2.47. The third kappa shape index (κ3) is 2.71. The number of carbonyl (C=O) groups is 1. The second kappa shape index (κ2) is 5.49. The Morgan fingerprint density at radius 1 is 1.38 bits per heavy atom. The summed E-state index contributed by atoms with van der Waals surface area (Å²) in [7, 11) is 0. The summed E-state index contributed by atoms with van der Waals surface area (Å²) in [5.41, 5.74) is 2.15. The minimum absolute atomic E-state index is 0.0988. The van der Waals surface area contributed by atoms with Gasteiger partial charge in [-0.2, -0.15) is 0 Å². The van der Waals surface area contributed by atoms with Crippen LogP contribution in [0.5, 0.6) is 0 Å². The summed E-state index contributed by atoms with van der Waals surface area (Å²) in [5.74, 6) is -0.692. The molecular formula is C15H11NO4S. The van der Waals surface area contributed by atoms with Crippen LogP contribution in [0.3, 0.4) is 0 Å². The van der Waals surface area contributed by atoms with Gasteiger partial charge in [-0.1, -0.05) is 18.2 Å². The second-order valence-corrected chi connectivity index (χ2v) is 5.36. The van der Waals surface area contributed by atoms with Gasteiger partial charge in [0.2, 0.25) is 0 Å². The summed E-state index contributed by atoms with van der Waals surface area (Å²) in [4.78, 5) is 28.8. The van der Waals surface area contributed by atoms with E-state index in [9.17, 15) is 9.59 Å². The topological polar surface area (TPSA) is 69.4 Å². The minimum Gasteiger partial charge on any atom is -0.456 e. The number of carbonyl (C=O) groups excluding carboxylic acids is 1. The number of ether oxygens (including phenoxy) is 1. The largest absolute Gasteiger partial charge is 0.456 e. The van der Waals surface area contributed by atoms with Crippen molar-refractivity contribution in [3.05, 3.63) is 62.4 Å². The van der Waals surface area contributed by atoms with Crippen LogP contribution in [0.15, 0.2) is 45.1 Å². The number of fused-ring (bicyclic) bond motifs is 1. The molecule has 0 aliphatic rings. The highest BCUT2D eigenvalue weighted by molar-refractivity contribution is 7.09. The Morgan fingerprint density at radius 2 is 2.19 bits per heavy atom. The molecule has 0 aliphatic carbocycles. The number of aryl methyl sites for hydroxylation is 1. The molecule has 2 heterocycles. The highest BCUT2D eigenvalue weighted by Crippen LogP contribution is 2.16. The first-order valence-electron chi connectivity index (χ1n) is 6.24. The van der Waals surface area contributed by atoms with Crippen molar-refractivity contribution in [1.82, 2.24) is 4.98 Å². The molecule has 0 atom stereocenters. The van der Waals surface area contributed by atoms with Crippen molar-refractivity contribution in [1.29, 1.82) is 0 Å². The van der Waals surface area contributed by atoms with Crippen LogP contribution in [-0.4, -0.2) is 11.0 Å². The maximum absolute atomic E-state index is 12.0. The van der Waals surface area contributed by atoms with E-state index in [1.165, 1.54) is 17.4 Å². The molecular weight excluding hydrogens is 290 g/mol. The van der Waals surface area contributed by atoms with Gasteiger partial charge in [-0.3, -0.25) is 0 Å². The number of rotatable bonds is 3. The quantitative estimate of drug-likeness (QED) is 0.549. The van der Waals surface area contributed by atoms with Crippen LogP contribution >= 0.6 is 11.3 Å². The van der Waals surface area contributed by atoms with Crippen molar-refractivity contribution in [2.75, 3.05) is 0 Å². The van der Waals surface area contributed by atoms with Crippen LogP contribution in [0, 0.1) is 6.92 Å². The summed E-state index contributed by atoms with van der Waals surface area (Å²) in [6.45, 7) is 1.94. The molecule has 0 saturated heterocycles. The summed E-state index contributed by atoms with van der Waals surface area (Å²) in [6, 6.07) is 8.49. The van der Waals surface area contributed by atoms with Gasteiger partial charge in [0.05, 0.1) is 16.1 Å². The second-order valence-electron chi connectivity index (χ2n) is 4.42. The van der Waals surface area contributed by atoms with E-state index < -0.39 is 11.6 Å². The molecule has 0 radical (unpaired) electrons. The molecule has 106 valence electrons. The molecule has 0 unspecified atom stereocenters. The Labute approximate surface area is 123 Å². The number of aromatic nitrogens is 1. The maximum Gasteiger partial charge on any atom is 0.351 e. The molecule has 1 aromatic carbocycles. The van der Waals surface area contributed by atoms with Gasteiger partial charge in [0.1, 0.15) is 17.8 Å². The predicted octanol–water partition coefficient (Wildman–Crippen LogP) is 2.91. The van der Waals surface area contributed by atoms with E-state index in [-0.39, 0.29) is 12.2 Å². The van der Waals surface area contributed by atoms with Gasteiger partial charge in [0, 0.05) is 5.39 Å². The number of benzene rings is 1. The minimum atomic E-state index is -0.695. The van der Waals surface area contributed by atoms with E-state index in [0.29, 0.717) is 11.0 Å². The van der Waals surface area contributed by atoms with Crippen molar-refractivity contribution in [3.8, 4) is 0 Å². The molecule has 3 aromatic rings. The highest BCUT2D eigenvalue weighted by atomic mass is 32.1. The third-order valence-corrected chi connectivity index (χ3v) is 3.95. The summed E-state index contributed by atoms with van der Waals surface area (Å²) >= 11 is 1.40. The van der Waals surface area contributed by atoms with Crippen molar-refractivity contribution in [2.45, 2.75) is 13.5 Å². The molecule has 0 saturated carbocycles. The molecule has 21 heavy (non-hydrogen) atoms. The Kier molecular flexibility index (Phi) is 3.53. The zero-order valence-corrected chi connectivity index (χ0v) is 12.0. The zero-order chi connectivity index (χ0) is 14.8. The van der Waals surface area contributed by atoms with E-state index in [1.54, 1.807) is 29.8 Å². The molecule has 2 aromatic heterocycles. The zero-order valence-electron chi connectivity index (χ0n) is 11.2. The lowest BCUT2D eigenvalue weighted by Gasteiger charge is -2.04. The fraction of sp³-hybridized carbons (Fsp3) is 0.133. The molecule has 6 heteroatoms. The van der Waals surface area contributed by atoms with Crippen LogP contribution in [-0.2, 0) is 11.3 Å². The average Bonchev–Trinajstić information content (AvgIpc) is 2.89. The van der Waals surface area contributed by atoms with Crippen LogP contribution < -0.4 is 5.63 Å². The molecule has 0 fully saturated rings. The van der Waals surface area contributed by atoms with Gasteiger partial charge in [0.15, 0.2) is 0 Å². The number of hydrogen-bond acceptors (Lipinski definition) is 6. The van der Waals surface area contributed by atoms with Crippen LogP contribution in [0.25, 0.3) is 11.0 Å². The monoisotopic (exact) mass is 301 g/mol. The van der Waals surface area contributed by atoms with Crippen molar-refractivity contribution < 1.29 is 13.9 Å². The Balaban J connectivity index is 1.86. The standard InChI is InChI=1S/C15H11NO4S/c1-9-13(21-8-16-9)7-19-14(17)11-6-10-4-2-3-5-12(10)20-15(11)18/h2-6,8H,7H2,1H3. The van der Waals surface area contributed by atoms with E-state index in [2.05, 4.69) is 4.98 Å². The van der Waals surface area contributed by atoms with Gasteiger partial charge in [-0.15, -0.1) is 11.3 Å². The van der Waals surface area contributed by atoms with Gasteiger partial charge in [-0.25, -0.2) is 14.6 Å². The van der Waals surface area contributed by atoms with E-state index in [4.69, 9.17) is 9.15 Å². The van der Waals surface area contributed by atoms with E-state index >= 15 is 0 Å². The lowest BCUT2D eigenvalue weighted by atomic mass is 10.2. The molecule has 0 amide bonds. The van der Waals surface area contributed by atoms with Gasteiger partial charge < -0.3 is 9.15 Å². The van der Waals surface area contributed by atoms with Crippen LogP contribution in [0.2, 0.25) is 0 Å². The van der Waals surface area contributed by atoms with Gasteiger partial charge in [0.25, 0.3) is 0 Å². The number of hydrogen-bond donors (Lipinski definition) is 0. The normalized spacial score (nSPS) is 10.7. The lowest BCUT2D eigenvalue weighted by Crippen LogP contribution is -2.16. The first kappa shape index (κ1) is 13.5. The first-order chi connectivity index (χ1) is 10.1. The Bertz CT molecular complexity index is 865. The molecule has 0 bridgehead atoms. The number of para-hydroxylation sites is 1. The first-order valence-corrected chi connectivity index (χ1v) is 7.12. The molecule has 0 aliphatic heterocycles. The summed E-state index contributed by atoms with van der Waals surface area (Å²) in [6.07, 6.45) is 0. The fourth-order valence-electron chi connectivity index (χ4n) is 1.88. The van der Waals surface area contributed by atoms with Crippen molar-refractivity contribution in [2.24, 2.45) is 0 Å². The summed E-state index contributed by atoms with van der Waals surface area (Å²) in [5, 5.41) is 0.679.